The first-order chi connectivity index (χ1) is 19.4. The number of halogens is 2. The van der Waals surface area contributed by atoms with Crippen molar-refractivity contribution in [2.24, 2.45) is 0 Å². The van der Waals surface area contributed by atoms with Crippen LogP contribution in [0.3, 0.4) is 0 Å². The van der Waals surface area contributed by atoms with Crippen LogP contribution >= 0.6 is 0 Å². The number of aromatic nitrogens is 2. The zero-order valence-corrected chi connectivity index (χ0v) is 22.3. The number of aryl methyl sites for hydroxylation is 1. The van der Waals surface area contributed by atoms with Crippen molar-refractivity contribution in [3.05, 3.63) is 89.0 Å². The van der Waals surface area contributed by atoms with Crippen LogP contribution in [-0.4, -0.2) is 58.0 Å². The highest BCUT2D eigenvalue weighted by Gasteiger charge is 2.22. The minimum atomic E-state index is -1.44. The molecule has 214 valence electrons. The van der Waals surface area contributed by atoms with Crippen molar-refractivity contribution in [1.82, 2.24) is 20.3 Å². The third-order valence-electron chi connectivity index (χ3n) is 6.29. The van der Waals surface area contributed by atoms with Gasteiger partial charge in [0.15, 0.2) is 6.10 Å². The number of amides is 2. The number of alkyl halides is 2. The molecule has 40 heavy (non-hydrogen) atoms. The van der Waals surface area contributed by atoms with Crippen LogP contribution in [0.25, 0.3) is 0 Å². The van der Waals surface area contributed by atoms with E-state index in [1.54, 1.807) is 22.2 Å². The molecule has 3 N–H and O–H groups in total. The standard InChI is InChI=1S/C29H34F2N4O5/c1-2-3-9-26-32-18-25(28(37)33-23(15-27(36)34-39)14-20-7-5-4-6-8-20)35(26)19-21-10-12-22(13-11-21)29(38)40-24(16-30)17-31/h4-8,10-13,18,23-24,39H,2-3,9,14-17,19H2,1H3,(H,33,37)(H,34,36). The van der Waals surface area contributed by atoms with Crippen LogP contribution < -0.4 is 10.8 Å². The number of ether oxygens (including phenoxy) is 1. The number of hydroxylamine groups is 1. The lowest BCUT2D eigenvalue weighted by atomic mass is 10.0. The molecule has 2 aromatic carbocycles. The first kappa shape index (κ1) is 30.4. The second-order valence-corrected chi connectivity index (χ2v) is 9.38. The van der Waals surface area contributed by atoms with Gasteiger partial charge in [-0.2, -0.15) is 0 Å². The van der Waals surface area contributed by atoms with Crippen molar-refractivity contribution < 1.29 is 33.1 Å². The lowest BCUT2D eigenvalue weighted by molar-refractivity contribution is -0.129. The van der Waals surface area contributed by atoms with Crippen LogP contribution in [0, 0.1) is 0 Å². The molecule has 9 nitrogen and oxygen atoms in total. The van der Waals surface area contributed by atoms with Crippen LogP contribution in [0.2, 0.25) is 0 Å². The fraction of sp³-hybridized carbons (Fsp3) is 0.379. The molecule has 0 spiro atoms. The molecule has 0 aliphatic heterocycles. The van der Waals surface area contributed by atoms with Crippen LogP contribution in [-0.2, 0) is 28.9 Å². The van der Waals surface area contributed by atoms with Gasteiger partial charge >= 0.3 is 5.97 Å². The second kappa shape index (κ2) is 15.5. The Balaban J connectivity index is 1.81. The molecule has 11 heteroatoms. The molecule has 1 heterocycles. The summed E-state index contributed by atoms with van der Waals surface area (Å²) in [5.41, 5.74) is 3.74. The summed E-state index contributed by atoms with van der Waals surface area (Å²) in [6.45, 7) is 0.108. The molecular weight excluding hydrogens is 522 g/mol. The predicted octanol–water partition coefficient (Wildman–Crippen LogP) is 3.98. The third-order valence-corrected chi connectivity index (χ3v) is 6.29. The predicted molar refractivity (Wildman–Crippen MR) is 143 cm³/mol. The largest absolute Gasteiger partial charge is 0.453 e. The van der Waals surface area contributed by atoms with Gasteiger partial charge in [-0.25, -0.2) is 24.0 Å². The number of benzene rings is 2. The number of unbranched alkanes of at least 4 members (excludes halogenated alkanes) is 1. The highest BCUT2D eigenvalue weighted by molar-refractivity contribution is 5.93. The normalized spacial score (nSPS) is 11.7. The van der Waals surface area contributed by atoms with Gasteiger partial charge < -0.3 is 14.6 Å². The van der Waals surface area contributed by atoms with Gasteiger partial charge in [-0.1, -0.05) is 55.8 Å². The van der Waals surface area contributed by atoms with E-state index in [1.807, 2.05) is 30.3 Å². The Kier molecular flexibility index (Phi) is 11.8. The maximum atomic E-state index is 13.4. The van der Waals surface area contributed by atoms with E-state index in [0.717, 1.165) is 24.0 Å². The minimum absolute atomic E-state index is 0.128. The second-order valence-electron chi connectivity index (χ2n) is 9.38. The molecule has 0 radical (unpaired) electrons. The monoisotopic (exact) mass is 556 g/mol. The first-order valence-electron chi connectivity index (χ1n) is 13.1. The molecule has 0 fully saturated rings. The van der Waals surface area contributed by atoms with E-state index in [2.05, 4.69) is 17.2 Å². The van der Waals surface area contributed by atoms with Crippen molar-refractivity contribution in [3.63, 3.8) is 0 Å². The third kappa shape index (κ3) is 8.70. The Bertz CT molecular complexity index is 1250. The lowest BCUT2D eigenvalue weighted by Crippen LogP contribution is -2.41. The molecule has 2 amide bonds. The molecule has 1 unspecified atom stereocenters. The van der Waals surface area contributed by atoms with Gasteiger partial charge in [0, 0.05) is 25.4 Å². The summed E-state index contributed by atoms with van der Waals surface area (Å²) in [5.74, 6) is -1.17. The number of imidazole rings is 1. The summed E-state index contributed by atoms with van der Waals surface area (Å²) in [6, 6.07) is 15.1. The number of nitrogens with zero attached hydrogens (tertiary/aromatic N) is 2. The Hall–Kier alpha value is -4.12. The molecule has 1 aromatic heterocycles. The van der Waals surface area contributed by atoms with Crippen LogP contribution in [0.4, 0.5) is 8.78 Å². The van der Waals surface area contributed by atoms with Gasteiger partial charge in [0.2, 0.25) is 5.91 Å². The molecule has 1 atom stereocenters. The average molecular weight is 557 g/mol. The number of hydrogen-bond acceptors (Lipinski definition) is 6. The topological polar surface area (TPSA) is 123 Å². The van der Waals surface area contributed by atoms with Gasteiger partial charge in [0.1, 0.15) is 24.9 Å². The Morgan fingerprint density at radius 2 is 1.73 bits per heavy atom. The smallest absolute Gasteiger partial charge is 0.338 e. The van der Waals surface area contributed by atoms with Crippen molar-refractivity contribution in [2.45, 2.75) is 57.7 Å². The number of hydrogen-bond donors (Lipinski definition) is 3. The van der Waals surface area contributed by atoms with Crippen LogP contribution in [0.5, 0.6) is 0 Å². The number of nitrogens with one attached hydrogen (secondary N) is 2. The lowest BCUT2D eigenvalue weighted by Gasteiger charge is -2.19. The summed E-state index contributed by atoms with van der Waals surface area (Å²) in [6.07, 6.45) is 2.74. The highest BCUT2D eigenvalue weighted by atomic mass is 19.1. The fourth-order valence-corrected chi connectivity index (χ4v) is 4.16. The Morgan fingerprint density at radius 3 is 2.35 bits per heavy atom. The van der Waals surface area contributed by atoms with Gasteiger partial charge in [-0.15, -0.1) is 0 Å². The van der Waals surface area contributed by atoms with Crippen molar-refractivity contribution >= 4 is 17.8 Å². The number of carbonyl (C=O) groups excluding carboxylic acids is 3. The number of carbonyl (C=O) groups is 3. The van der Waals surface area contributed by atoms with E-state index in [1.165, 1.54) is 18.3 Å². The van der Waals surface area contributed by atoms with Crippen molar-refractivity contribution in [3.8, 4) is 0 Å². The molecule has 0 saturated heterocycles. The van der Waals surface area contributed by atoms with E-state index in [4.69, 9.17) is 9.94 Å². The van der Waals surface area contributed by atoms with E-state index in [9.17, 15) is 23.2 Å². The minimum Gasteiger partial charge on any atom is -0.453 e. The van der Waals surface area contributed by atoms with Gasteiger partial charge in [0.05, 0.1) is 11.8 Å². The maximum absolute atomic E-state index is 13.4. The van der Waals surface area contributed by atoms with Gasteiger partial charge in [0.25, 0.3) is 5.91 Å². The number of rotatable bonds is 15. The molecule has 0 aliphatic rings. The highest BCUT2D eigenvalue weighted by Crippen LogP contribution is 2.16. The SMILES string of the molecule is CCCCc1ncc(C(=O)NC(CC(=O)NO)Cc2ccccc2)n1Cc1ccc(C(=O)OC(CF)CF)cc1. The summed E-state index contributed by atoms with van der Waals surface area (Å²) in [7, 11) is 0. The van der Waals surface area contributed by atoms with E-state index in [-0.39, 0.29) is 18.5 Å². The van der Waals surface area contributed by atoms with E-state index < -0.39 is 43.3 Å². The van der Waals surface area contributed by atoms with Crippen LogP contribution in [0.15, 0.2) is 60.8 Å². The molecule has 3 rings (SSSR count). The summed E-state index contributed by atoms with van der Waals surface area (Å²) in [5, 5.41) is 11.9. The summed E-state index contributed by atoms with van der Waals surface area (Å²) < 4.78 is 32.0. The van der Waals surface area contributed by atoms with Gasteiger partial charge in [-0.3, -0.25) is 14.8 Å². The van der Waals surface area contributed by atoms with Crippen LogP contribution in [0.1, 0.15) is 64.0 Å². The molecule has 0 saturated carbocycles. The zero-order chi connectivity index (χ0) is 28.9. The molecular formula is C29H34F2N4O5. The van der Waals surface area contributed by atoms with E-state index >= 15 is 0 Å². The fourth-order valence-electron chi connectivity index (χ4n) is 4.16. The maximum Gasteiger partial charge on any atom is 0.338 e. The first-order valence-corrected chi connectivity index (χ1v) is 13.1. The molecule has 0 bridgehead atoms. The number of esters is 1. The quantitative estimate of drug-likeness (QED) is 0.148. The Labute approximate surface area is 231 Å². The molecule has 3 aromatic rings. The average Bonchev–Trinajstić information content (AvgIpc) is 3.37. The summed E-state index contributed by atoms with van der Waals surface area (Å²) >= 11 is 0. The van der Waals surface area contributed by atoms with E-state index in [0.29, 0.717) is 24.4 Å². The molecule has 0 aliphatic carbocycles. The van der Waals surface area contributed by atoms with Crippen molar-refractivity contribution in [2.75, 3.05) is 13.3 Å². The summed E-state index contributed by atoms with van der Waals surface area (Å²) in [4.78, 5) is 42.0. The zero-order valence-electron chi connectivity index (χ0n) is 22.3. The van der Waals surface area contributed by atoms with Crippen molar-refractivity contribution in [1.29, 1.82) is 0 Å². The van der Waals surface area contributed by atoms with Gasteiger partial charge in [-0.05, 0) is 36.1 Å². The Morgan fingerprint density at radius 1 is 1.02 bits per heavy atom.